The van der Waals surface area contributed by atoms with E-state index in [-0.39, 0.29) is 11.8 Å². The predicted octanol–water partition coefficient (Wildman–Crippen LogP) is 4.43. The summed E-state index contributed by atoms with van der Waals surface area (Å²) in [5, 5.41) is 9.33. The monoisotopic (exact) mass is 313 g/mol. The molecule has 122 valence electrons. The lowest BCUT2D eigenvalue weighted by Gasteiger charge is -2.24. The van der Waals surface area contributed by atoms with E-state index in [2.05, 4.69) is 0 Å². The van der Waals surface area contributed by atoms with Gasteiger partial charge in [0.15, 0.2) is 0 Å². The molecule has 4 nitrogen and oxygen atoms in total. The Morgan fingerprint density at radius 1 is 1.00 bits per heavy atom. The first-order valence-electron chi connectivity index (χ1n) is 7.57. The van der Waals surface area contributed by atoms with Gasteiger partial charge in [0.2, 0.25) is 0 Å². The zero-order valence-corrected chi connectivity index (χ0v) is 14.0. The molecular weight excluding hydrogens is 290 g/mol. The van der Waals surface area contributed by atoms with E-state index in [0.717, 1.165) is 16.7 Å². The standard InChI is InChI=1S/C19H23NO3/c1-19(2,3)23-18(22)20(4)13-14-5-7-15(8-6-14)16-9-11-17(21)12-10-16/h5-12,21H,13H2,1-4H3. The number of hydrogen-bond acceptors (Lipinski definition) is 3. The molecule has 0 aliphatic heterocycles. The van der Waals surface area contributed by atoms with Gasteiger partial charge in [0, 0.05) is 13.6 Å². The minimum absolute atomic E-state index is 0.254. The summed E-state index contributed by atoms with van der Waals surface area (Å²) < 4.78 is 5.34. The van der Waals surface area contributed by atoms with Gasteiger partial charge in [0.1, 0.15) is 11.4 Å². The molecule has 0 saturated carbocycles. The highest BCUT2D eigenvalue weighted by atomic mass is 16.6. The van der Waals surface area contributed by atoms with Crippen molar-refractivity contribution >= 4 is 6.09 Å². The third kappa shape index (κ3) is 5.02. The van der Waals surface area contributed by atoms with E-state index < -0.39 is 5.60 Å². The molecule has 0 aliphatic rings. The van der Waals surface area contributed by atoms with Crippen LogP contribution in [0.2, 0.25) is 0 Å². The number of rotatable bonds is 3. The first kappa shape index (κ1) is 16.9. The van der Waals surface area contributed by atoms with Crippen LogP contribution in [0.4, 0.5) is 4.79 Å². The van der Waals surface area contributed by atoms with Gasteiger partial charge in [-0.25, -0.2) is 4.79 Å². The second kappa shape index (κ2) is 6.73. The number of ether oxygens (including phenoxy) is 1. The van der Waals surface area contributed by atoms with Crippen molar-refractivity contribution in [2.24, 2.45) is 0 Å². The minimum Gasteiger partial charge on any atom is -0.508 e. The summed E-state index contributed by atoms with van der Waals surface area (Å²) in [6.45, 7) is 6.05. The van der Waals surface area contributed by atoms with E-state index >= 15 is 0 Å². The third-order valence-corrected chi connectivity index (χ3v) is 3.28. The van der Waals surface area contributed by atoms with Crippen LogP contribution in [0, 0.1) is 0 Å². The van der Waals surface area contributed by atoms with Crippen LogP contribution in [-0.4, -0.2) is 28.7 Å². The number of phenolic OH excluding ortho intramolecular Hbond substituents is 1. The fraction of sp³-hybridized carbons (Fsp3) is 0.316. The smallest absolute Gasteiger partial charge is 0.410 e. The number of nitrogens with zero attached hydrogens (tertiary/aromatic N) is 1. The molecule has 4 heteroatoms. The van der Waals surface area contributed by atoms with Crippen LogP contribution < -0.4 is 0 Å². The lowest BCUT2D eigenvalue weighted by Crippen LogP contribution is -2.33. The van der Waals surface area contributed by atoms with E-state index in [1.165, 1.54) is 0 Å². The summed E-state index contributed by atoms with van der Waals surface area (Å²) in [6, 6.07) is 15.1. The first-order chi connectivity index (χ1) is 10.7. The van der Waals surface area contributed by atoms with Crippen molar-refractivity contribution in [3.63, 3.8) is 0 Å². The molecule has 2 aromatic rings. The number of carbonyl (C=O) groups excluding carboxylic acids is 1. The molecule has 0 saturated heterocycles. The highest BCUT2D eigenvalue weighted by Gasteiger charge is 2.19. The topological polar surface area (TPSA) is 49.8 Å². The molecule has 0 radical (unpaired) electrons. The van der Waals surface area contributed by atoms with Crippen molar-refractivity contribution in [1.29, 1.82) is 0 Å². The maximum absolute atomic E-state index is 12.0. The predicted molar refractivity (Wildman–Crippen MR) is 91.2 cm³/mol. The Bertz CT molecular complexity index is 655. The molecule has 0 bridgehead atoms. The molecule has 0 spiro atoms. The first-order valence-corrected chi connectivity index (χ1v) is 7.57. The van der Waals surface area contributed by atoms with Crippen LogP contribution >= 0.6 is 0 Å². The SMILES string of the molecule is CN(Cc1ccc(-c2ccc(O)cc2)cc1)C(=O)OC(C)(C)C. The summed E-state index contributed by atoms with van der Waals surface area (Å²) >= 11 is 0. The molecule has 23 heavy (non-hydrogen) atoms. The van der Waals surface area contributed by atoms with Gasteiger partial charge in [-0.1, -0.05) is 36.4 Å². The third-order valence-electron chi connectivity index (χ3n) is 3.28. The quantitative estimate of drug-likeness (QED) is 0.912. The maximum Gasteiger partial charge on any atom is 0.410 e. The van der Waals surface area contributed by atoms with E-state index in [4.69, 9.17) is 4.74 Å². The largest absolute Gasteiger partial charge is 0.508 e. The minimum atomic E-state index is -0.492. The normalized spacial score (nSPS) is 11.1. The number of carbonyl (C=O) groups is 1. The molecule has 0 fully saturated rings. The fourth-order valence-electron chi connectivity index (χ4n) is 2.13. The summed E-state index contributed by atoms with van der Waals surface area (Å²) in [5.41, 5.74) is 2.64. The highest BCUT2D eigenvalue weighted by Crippen LogP contribution is 2.22. The molecule has 0 aromatic heterocycles. The number of benzene rings is 2. The Labute approximate surface area is 137 Å². The van der Waals surface area contributed by atoms with Crippen LogP contribution in [-0.2, 0) is 11.3 Å². The van der Waals surface area contributed by atoms with Crippen LogP contribution in [0.15, 0.2) is 48.5 Å². The van der Waals surface area contributed by atoms with E-state index in [1.807, 2.05) is 57.2 Å². The summed E-state index contributed by atoms with van der Waals surface area (Å²) in [6.07, 6.45) is -0.333. The average Bonchev–Trinajstić information content (AvgIpc) is 2.47. The summed E-state index contributed by atoms with van der Waals surface area (Å²) in [7, 11) is 1.72. The fourth-order valence-corrected chi connectivity index (χ4v) is 2.13. The number of aromatic hydroxyl groups is 1. The lowest BCUT2D eigenvalue weighted by molar-refractivity contribution is 0.0285. The Morgan fingerprint density at radius 3 is 1.96 bits per heavy atom. The molecule has 0 aliphatic carbocycles. The van der Waals surface area contributed by atoms with E-state index in [0.29, 0.717) is 6.54 Å². The van der Waals surface area contributed by atoms with Gasteiger partial charge in [-0.3, -0.25) is 0 Å². The summed E-state index contributed by atoms with van der Waals surface area (Å²) in [4.78, 5) is 13.5. The molecule has 2 rings (SSSR count). The number of hydrogen-bond donors (Lipinski definition) is 1. The lowest BCUT2D eigenvalue weighted by atomic mass is 10.0. The van der Waals surface area contributed by atoms with Gasteiger partial charge in [0.05, 0.1) is 0 Å². The van der Waals surface area contributed by atoms with Gasteiger partial charge in [0.25, 0.3) is 0 Å². The molecule has 2 aromatic carbocycles. The Balaban J connectivity index is 2.02. The second-order valence-corrected chi connectivity index (χ2v) is 6.58. The van der Waals surface area contributed by atoms with Gasteiger partial charge < -0.3 is 14.7 Å². The molecule has 0 heterocycles. The maximum atomic E-state index is 12.0. The van der Waals surface area contributed by atoms with Crippen molar-refractivity contribution in [2.75, 3.05) is 7.05 Å². The number of phenols is 1. The second-order valence-electron chi connectivity index (χ2n) is 6.58. The average molecular weight is 313 g/mol. The van der Waals surface area contributed by atoms with Crippen LogP contribution in [0.3, 0.4) is 0 Å². The Kier molecular flexibility index (Phi) is 4.94. The highest BCUT2D eigenvalue weighted by molar-refractivity contribution is 5.68. The van der Waals surface area contributed by atoms with Crippen molar-refractivity contribution in [3.8, 4) is 16.9 Å². The Morgan fingerprint density at radius 2 is 1.48 bits per heavy atom. The molecule has 0 unspecified atom stereocenters. The van der Waals surface area contributed by atoms with Gasteiger partial charge in [-0.15, -0.1) is 0 Å². The zero-order chi connectivity index (χ0) is 17.0. The Hall–Kier alpha value is -2.49. The van der Waals surface area contributed by atoms with Crippen LogP contribution in [0.1, 0.15) is 26.3 Å². The van der Waals surface area contributed by atoms with Gasteiger partial charge in [-0.2, -0.15) is 0 Å². The zero-order valence-electron chi connectivity index (χ0n) is 14.0. The van der Waals surface area contributed by atoms with Crippen molar-refractivity contribution in [3.05, 3.63) is 54.1 Å². The van der Waals surface area contributed by atoms with Crippen molar-refractivity contribution < 1.29 is 14.6 Å². The number of amides is 1. The molecule has 0 atom stereocenters. The molecule has 1 amide bonds. The molecular formula is C19H23NO3. The van der Waals surface area contributed by atoms with Crippen LogP contribution in [0.25, 0.3) is 11.1 Å². The van der Waals surface area contributed by atoms with Gasteiger partial charge >= 0.3 is 6.09 Å². The summed E-state index contributed by atoms with van der Waals surface area (Å²) in [5.74, 6) is 0.254. The van der Waals surface area contributed by atoms with Crippen LogP contribution in [0.5, 0.6) is 5.75 Å². The van der Waals surface area contributed by atoms with E-state index in [1.54, 1.807) is 24.1 Å². The molecule has 1 N–H and O–H groups in total. The van der Waals surface area contributed by atoms with Crippen molar-refractivity contribution in [1.82, 2.24) is 4.90 Å². The van der Waals surface area contributed by atoms with E-state index in [9.17, 15) is 9.90 Å². The van der Waals surface area contributed by atoms with Gasteiger partial charge in [-0.05, 0) is 49.6 Å². The van der Waals surface area contributed by atoms with Crippen molar-refractivity contribution in [2.45, 2.75) is 32.9 Å².